The quantitative estimate of drug-likeness (QED) is 0.478. The average molecular weight is 353 g/mol. The summed E-state index contributed by atoms with van der Waals surface area (Å²) >= 11 is 0. The number of rotatable bonds is 12. The molecule has 0 spiro atoms. The Morgan fingerprint density at radius 2 is 1.64 bits per heavy atom. The highest BCUT2D eigenvalue weighted by atomic mass is 16.3. The van der Waals surface area contributed by atoms with Crippen LogP contribution in [0.1, 0.15) is 79.1 Å². The first-order chi connectivity index (χ1) is 11.9. The largest absolute Gasteiger partial charge is 0.372 e. The summed E-state index contributed by atoms with van der Waals surface area (Å²) in [6.07, 6.45) is 10.3. The first kappa shape index (κ1) is 22.6. The third-order valence-corrected chi connectivity index (χ3v) is 7.03. The maximum atomic E-state index is 10.3. The highest BCUT2D eigenvalue weighted by Crippen LogP contribution is 2.39. The minimum Gasteiger partial charge on any atom is -0.372 e. The van der Waals surface area contributed by atoms with E-state index in [9.17, 15) is 5.11 Å². The smallest absolute Gasteiger partial charge is 0.147 e. The van der Waals surface area contributed by atoms with Crippen molar-refractivity contribution in [1.82, 2.24) is 5.32 Å². The SMILES string of the molecule is C=NC(O)C(C)C(C(C)CCC1CCCCC1)C(C)C(C)CCNC. The van der Waals surface area contributed by atoms with E-state index in [0.717, 1.165) is 12.5 Å². The van der Waals surface area contributed by atoms with Crippen LogP contribution < -0.4 is 5.32 Å². The van der Waals surface area contributed by atoms with Crippen LogP contribution in [0.4, 0.5) is 0 Å². The van der Waals surface area contributed by atoms with Crippen molar-refractivity contribution < 1.29 is 5.11 Å². The van der Waals surface area contributed by atoms with Gasteiger partial charge < -0.3 is 10.4 Å². The number of nitrogens with one attached hydrogen (secondary N) is 1. The molecule has 0 aromatic carbocycles. The van der Waals surface area contributed by atoms with Gasteiger partial charge in [0.2, 0.25) is 0 Å². The number of aliphatic hydroxyl groups is 1. The van der Waals surface area contributed by atoms with Crippen molar-refractivity contribution in [3.63, 3.8) is 0 Å². The van der Waals surface area contributed by atoms with Gasteiger partial charge in [-0.1, -0.05) is 72.6 Å². The van der Waals surface area contributed by atoms with E-state index in [-0.39, 0.29) is 5.92 Å². The maximum absolute atomic E-state index is 10.3. The van der Waals surface area contributed by atoms with Crippen LogP contribution in [-0.4, -0.2) is 31.6 Å². The number of hydrogen-bond acceptors (Lipinski definition) is 3. The van der Waals surface area contributed by atoms with Gasteiger partial charge in [-0.05, 0) is 56.3 Å². The molecule has 1 rings (SSSR count). The lowest BCUT2D eigenvalue weighted by Crippen LogP contribution is -2.36. The van der Waals surface area contributed by atoms with Crippen molar-refractivity contribution in [2.75, 3.05) is 13.6 Å². The fraction of sp³-hybridized carbons (Fsp3) is 0.955. The van der Waals surface area contributed by atoms with Crippen molar-refractivity contribution in [2.45, 2.75) is 85.3 Å². The van der Waals surface area contributed by atoms with E-state index in [1.165, 1.54) is 51.4 Å². The standard InChI is InChI=1S/C22H44N2O/c1-16(14-15-23-5)18(3)21(19(4)22(25)24-6)17(2)12-13-20-10-8-7-9-11-20/h16-23,25H,6-15H2,1-5H3. The summed E-state index contributed by atoms with van der Waals surface area (Å²) in [5, 5.41) is 13.6. The summed E-state index contributed by atoms with van der Waals surface area (Å²) in [7, 11) is 2.02. The Bertz CT molecular complexity index is 354. The summed E-state index contributed by atoms with van der Waals surface area (Å²) in [6.45, 7) is 14.0. The fourth-order valence-corrected chi connectivity index (χ4v) is 5.06. The molecule has 1 saturated carbocycles. The Morgan fingerprint density at radius 1 is 1.00 bits per heavy atom. The lowest BCUT2D eigenvalue weighted by Gasteiger charge is -2.39. The van der Waals surface area contributed by atoms with Crippen molar-refractivity contribution in [3.8, 4) is 0 Å². The number of hydrogen-bond donors (Lipinski definition) is 2. The molecule has 0 aliphatic heterocycles. The molecule has 2 N–H and O–H groups in total. The molecule has 3 heteroatoms. The highest BCUT2D eigenvalue weighted by Gasteiger charge is 2.35. The maximum Gasteiger partial charge on any atom is 0.147 e. The average Bonchev–Trinajstić information content (AvgIpc) is 2.64. The molecule has 3 nitrogen and oxygen atoms in total. The normalized spacial score (nSPS) is 23.4. The second-order valence-electron chi connectivity index (χ2n) is 8.82. The number of nitrogens with zero attached hydrogens (tertiary/aromatic N) is 1. The molecule has 0 aromatic heterocycles. The third kappa shape index (κ3) is 7.38. The monoisotopic (exact) mass is 352 g/mol. The molecular formula is C22H44N2O. The van der Waals surface area contributed by atoms with Gasteiger partial charge in [0.1, 0.15) is 6.23 Å². The van der Waals surface area contributed by atoms with Crippen molar-refractivity contribution >= 4 is 6.72 Å². The van der Waals surface area contributed by atoms with Gasteiger partial charge >= 0.3 is 0 Å². The van der Waals surface area contributed by atoms with Gasteiger partial charge in [0.25, 0.3) is 0 Å². The Kier molecular flexibility index (Phi) is 10.9. The highest BCUT2D eigenvalue weighted by molar-refractivity contribution is 5.23. The second-order valence-corrected chi connectivity index (χ2v) is 8.82. The third-order valence-electron chi connectivity index (χ3n) is 7.03. The zero-order valence-corrected chi connectivity index (χ0v) is 17.5. The Morgan fingerprint density at radius 3 is 2.20 bits per heavy atom. The second kappa shape index (κ2) is 12.1. The molecule has 0 saturated heterocycles. The van der Waals surface area contributed by atoms with Crippen LogP contribution in [0.5, 0.6) is 0 Å². The fourth-order valence-electron chi connectivity index (χ4n) is 5.06. The first-order valence-corrected chi connectivity index (χ1v) is 10.7. The van der Waals surface area contributed by atoms with Gasteiger partial charge in [-0.3, -0.25) is 4.99 Å². The van der Waals surface area contributed by atoms with E-state index in [4.69, 9.17) is 0 Å². The molecule has 0 heterocycles. The van der Waals surface area contributed by atoms with Gasteiger partial charge in [0.05, 0.1) is 0 Å². The van der Waals surface area contributed by atoms with E-state index in [1.54, 1.807) is 0 Å². The summed E-state index contributed by atoms with van der Waals surface area (Å²) < 4.78 is 0. The summed E-state index contributed by atoms with van der Waals surface area (Å²) in [5.41, 5.74) is 0. The van der Waals surface area contributed by atoms with E-state index in [2.05, 4.69) is 44.7 Å². The predicted molar refractivity (Wildman–Crippen MR) is 110 cm³/mol. The Hall–Kier alpha value is -0.410. The van der Waals surface area contributed by atoms with Crippen LogP contribution in [0.25, 0.3) is 0 Å². The van der Waals surface area contributed by atoms with E-state index >= 15 is 0 Å². The zero-order chi connectivity index (χ0) is 18.8. The van der Waals surface area contributed by atoms with Crippen LogP contribution in [0, 0.1) is 35.5 Å². The Balaban J connectivity index is 2.71. The Labute approximate surface area is 157 Å². The van der Waals surface area contributed by atoms with E-state index in [0.29, 0.717) is 23.7 Å². The van der Waals surface area contributed by atoms with E-state index in [1.807, 2.05) is 7.05 Å². The van der Waals surface area contributed by atoms with Crippen LogP contribution in [0.3, 0.4) is 0 Å². The van der Waals surface area contributed by atoms with Gasteiger partial charge in [0.15, 0.2) is 0 Å². The summed E-state index contributed by atoms with van der Waals surface area (Å²) in [6, 6.07) is 0. The van der Waals surface area contributed by atoms with Crippen LogP contribution >= 0.6 is 0 Å². The molecule has 6 unspecified atom stereocenters. The number of aliphatic hydroxyl groups excluding tert-OH is 1. The van der Waals surface area contributed by atoms with Crippen LogP contribution in [-0.2, 0) is 0 Å². The molecule has 6 atom stereocenters. The molecule has 25 heavy (non-hydrogen) atoms. The van der Waals surface area contributed by atoms with Gasteiger partial charge in [-0.15, -0.1) is 0 Å². The van der Waals surface area contributed by atoms with Gasteiger partial charge in [-0.25, -0.2) is 0 Å². The summed E-state index contributed by atoms with van der Waals surface area (Å²) in [4.78, 5) is 3.94. The van der Waals surface area contributed by atoms with Crippen molar-refractivity contribution in [2.24, 2.45) is 40.5 Å². The first-order valence-electron chi connectivity index (χ1n) is 10.7. The molecule has 148 valence electrons. The molecule has 0 bridgehead atoms. The number of aliphatic imine (C=N–C) groups is 1. The lowest BCUT2D eigenvalue weighted by atomic mass is 9.68. The molecule has 0 radical (unpaired) electrons. The van der Waals surface area contributed by atoms with Crippen molar-refractivity contribution in [1.29, 1.82) is 0 Å². The lowest BCUT2D eigenvalue weighted by molar-refractivity contribution is 0.0277. The van der Waals surface area contributed by atoms with Gasteiger partial charge in [0, 0.05) is 5.92 Å². The topological polar surface area (TPSA) is 44.6 Å². The molecule has 0 aromatic rings. The minimum absolute atomic E-state index is 0.172. The van der Waals surface area contributed by atoms with Gasteiger partial charge in [-0.2, -0.15) is 0 Å². The molecule has 1 fully saturated rings. The van der Waals surface area contributed by atoms with E-state index < -0.39 is 6.23 Å². The molecule has 1 aliphatic carbocycles. The van der Waals surface area contributed by atoms with Crippen LogP contribution in [0.15, 0.2) is 4.99 Å². The van der Waals surface area contributed by atoms with Crippen molar-refractivity contribution in [3.05, 3.63) is 0 Å². The molecular weight excluding hydrogens is 308 g/mol. The van der Waals surface area contributed by atoms with Crippen LogP contribution in [0.2, 0.25) is 0 Å². The predicted octanol–water partition coefficient (Wildman–Crippen LogP) is 5.14. The zero-order valence-electron chi connectivity index (χ0n) is 17.5. The molecule has 0 amide bonds. The summed E-state index contributed by atoms with van der Waals surface area (Å²) in [5.74, 6) is 3.46. The minimum atomic E-state index is -0.638. The molecule has 1 aliphatic rings.